The molecule has 1 aromatic carbocycles. The standard InChI is InChI=1S/C16H25BrO/c1-4-6-9-14(5-2)16(17)12-13-8-7-10-15(11-13)18-3/h7-8,10-11,14,16H,4-6,9,12H2,1-3H3. The van der Waals surface area contributed by atoms with Crippen LogP contribution in [0, 0.1) is 5.92 Å². The number of ether oxygens (including phenoxy) is 1. The van der Waals surface area contributed by atoms with Crippen LogP contribution < -0.4 is 4.74 Å². The number of rotatable bonds is 8. The summed E-state index contributed by atoms with van der Waals surface area (Å²) in [6, 6.07) is 8.39. The first-order valence-corrected chi connectivity index (χ1v) is 7.89. The number of unbranched alkanes of at least 4 members (excludes halogenated alkanes) is 1. The zero-order valence-electron chi connectivity index (χ0n) is 11.8. The third-order valence-corrected chi connectivity index (χ3v) is 4.60. The molecule has 2 unspecified atom stereocenters. The Bertz CT molecular complexity index is 338. The molecular weight excluding hydrogens is 288 g/mol. The van der Waals surface area contributed by atoms with Crippen molar-refractivity contribution in [3.63, 3.8) is 0 Å². The van der Waals surface area contributed by atoms with Gasteiger partial charge in [-0.1, -0.05) is 61.2 Å². The van der Waals surface area contributed by atoms with Crippen molar-refractivity contribution in [2.45, 2.75) is 50.8 Å². The highest BCUT2D eigenvalue weighted by molar-refractivity contribution is 9.09. The van der Waals surface area contributed by atoms with Crippen LogP contribution in [0.4, 0.5) is 0 Å². The van der Waals surface area contributed by atoms with Gasteiger partial charge in [-0.2, -0.15) is 0 Å². The Morgan fingerprint density at radius 2 is 2.06 bits per heavy atom. The molecule has 1 nitrogen and oxygen atoms in total. The Kier molecular flexibility index (Phi) is 7.41. The topological polar surface area (TPSA) is 9.23 Å². The van der Waals surface area contributed by atoms with E-state index in [1.807, 2.05) is 6.07 Å². The van der Waals surface area contributed by atoms with Crippen LogP contribution in [-0.4, -0.2) is 11.9 Å². The van der Waals surface area contributed by atoms with E-state index in [1.165, 1.54) is 31.2 Å². The Morgan fingerprint density at radius 3 is 2.67 bits per heavy atom. The van der Waals surface area contributed by atoms with Crippen molar-refractivity contribution >= 4 is 15.9 Å². The molecule has 0 saturated carbocycles. The van der Waals surface area contributed by atoms with Crippen LogP contribution in [0.1, 0.15) is 45.1 Å². The van der Waals surface area contributed by atoms with E-state index >= 15 is 0 Å². The lowest BCUT2D eigenvalue weighted by Crippen LogP contribution is -2.16. The van der Waals surface area contributed by atoms with Crippen LogP contribution in [0.15, 0.2) is 24.3 Å². The molecule has 0 aliphatic heterocycles. The minimum Gasteiger partial charge on any atom is -0.497 e. The van der Waals surface area contributed by atoms with Crippen LogP contribution >= 0.6 is 15.9 Å². The Balaban J connectivity index is 2.58. The van der Waals surface area contributed by atoms with Crippen LogP contribution in [0.5, 0.6) is 5.75 Å². The van der Waals surface area contributed by atoms with Crippen molar-refractivity contribution in [3.05, 3.63) is 29.8 Å². The third kappa shape index (κ3) is 5.01. The van der Waals surface area contributed by atoms with Crippen molar-refractivity contribution < 1.29 is 4.74 Å². The molecule has 0 spiro atoms. The molecule has 0 aliphatic carbocycles. The Morgan fingerprint density at radius 1 is 1.28 bits per heavy atom. The zero-order chi connectivity index (χ0) is 13.4. The molecule has 0 bridgehead atoms. The van der Waals surface area contributed by atoms with Crippen molar-refractivity contribution in [2.75, 3.05) is 7.11 Å². The molecule has 0 saturated heterocycles. The molecule has 0 amide bonds. The highest BCUT2D eigenvalue weighted by Crippen LogP contribution is 2.26. The largest absolute Gasteiger partial charge is 0.497 e. The summed E-state index contributed by atoms with van der Waals surface area (Å²) in [6.07, 6.45) is 6.28. The molecule has 18 heavy (non-hydrogen) atoms. The maximum Gasteiger partial charge on any atom is 0.119 e. The maximum absolute atomic E-state index is 5.27. The van der Waals surface area contributed by atoms with Crippen molar-refractivity contribution in [3.8, 4) is 5.75 Å². The van der Waals surface area contributed by atoms with Crippen LogP contribution in [0.3, 0.4) is 0 Å². The monoisotopic (exact) mass is 312 g/mol. The van der Waals surface area contributed by atoms with E-state index in [0.29, 0.717) is 4.83 Å². The number of benzene rings is 1. The second-order valence-electron chi connectivity index (χ2n) is 4.88. The summed E-state index contributed by atoms with van der Waals surface area (Å²) in [6.45, 7) is 4.55. The van der Waals surface area contributed by atoms with Gasteiger partial charge in [-0.05, 0) is 36.5 Å². The average molecular weight is 313 g/mol. The molecular formula is C16H25BrO. The summed E-state index contributed by atoms with van der Waals surface area (Å²) in [7, 11) is 1.72. The predicted molar refractivity (Wildman–Crippen MR) is 82.7 cm³/mol. The van der Waals surface area contributed by atoms with Gasteiger partial charge in [-0.3, -0.25) is 0 Å². The number of hydrogen-bond acceptors (Lipinski definition) is 1. The maximum atomic E-state index is 5.27. The van der Waals surface area contributed by atoms with Gasteiger partial charge in [-0.25, -0.2) is 0 Å². The van der Waals surface area contributed by atoms with Crippen molar-refractivity contribution in [1.82, 2.24) is 0 Å². The highest BCUT2D eigenvalue weighted by Gasteiger charge is 2.17. The van der Waals surface area contributed by atoms with E-state index in [9.17, 15) is 0 Å². The number of hydrogen-bond donors (Lipinski definition) is 0. The summed E-state index contributed by atoms with van der Waals surface area (Å²) in [4.78, 5) is 0.571. The van der Waals surface area contributed by atoms with Crippen molar-refractivity contribution in [1.29, 1.82) is 0 Å². The Labute approximate surface area is 120 Å². The first-order chi connectivity index (χ1) is 8.71. The molecule has 0 N–H and O–H groups in total. The summed E-state index contributed by atoms with van der Waals surface area (Å²) in [5.74, 6) is 1.73. The molecule has 2 heteroatoms. The molecule has 0 aliphatic rings. The van der Waals surface area contributed by atoms with Gasteiger partial charge < -0.3 is 4.74 Å². The summed E-state index contributed by atoms with van der Waals surface area (Å²) < 4.78 is 5.27. The van der Waals surface area contributed by atoms with E-state index in [2.05, 4.69) is 48.0 Å². The van der Waals surface area contributed by atoms with Crippen LogP contribution in [0.2, 0.25) is 0 Å². The molecule has 102 valence electrons. The van der Waals surface area contributed by atoms with Gasteiger partial charge >= 0.3 is 0 Å². The summed E-state index contributed by atoms with van der Waals surface area (Å²) in [5, 5.41) is 0. The smallest absolute Gasteiger partial charge is 0.119 e. The molecule has 0 heterocycles. The fraction of sp³-hybridized carbons (Fsp3) is 0.625. The minimum absolute atomic E-state index is 0.571. The van der Waals surface area contributed by atoms with Gasteiger partial charge in [-0.15, -0.1) is 0 Å². The fourth-order valence-corrected chi connectivity index (χ4v) is 3.31. The lowest BCUT2D eigenvalue weighted by atomic mass is 9.92. The van der Waals surface area contributed by atoms with Crippen LogP contribution in [-0.2, 0) is 6.42 Å². The summed E-state index contributed by atoms with van der Waals surface area (Å²) in [5.41, 5.74) is 1.35. The van der Waals surface area contributed by atoms with Gasteiger partial charge in [0.15, 0.2) is 0 Å². The van der Waals surface area contributed by atoms with Gasteiger partial charge in [0.1, 0.15) is 5.75 Å². The second-order valence-corrected chi connectivity index (χ2v) is 6.06. The number of halogens is 1. The first kappa shape index (κ1) is 15.6. The normalized spacial score (nSPS) is 14.2. The molecule has 0 fully saturated rings. The number of alkyl halides is 1. The van der Waals surface area contributed by atoms with Gasteiger partial charge in [0.25, 0.3) is 0 Å². The molecule has 2 atom stereocenters. The first-order valence-electron chi connectivity index (χ1n) is 6.98. The molecule has 1 rings (SSSR count). The molecule has 0 aromatic heterocycles. The highest BCUT2D eigenvalue weighted by atomic mass is 79.9. The van der Waals surface area contributed by atoms with Crippen LogP contribution in [0.25, 0.3) is 0 Å². The fourth-order valence-electron chi connectivity index (χ4n) is 2.30. The quantitative estimate of drug-likeness (QED) is 0.598. The van der Waals surface area contributed by atoms with E-state index < -0.39 is 0 Å². The number of methoxy groups -OCH3 is 1. The Hall–Kier alpha value is -0.500. The SMILES string of the molecule is CCCCC(CC)C(Br)Cc1cccc(OC)c1. The molecule has 1 aromatic rings. The van der Waals surface area contributed by atoms with E-state index in [-0.39, 0.29) is 0 Å². The third-order valence-electron chi connectivity index (χ3n) is 3.53. The lowest BCUT2D eigenvalue weighted by Gasteiger charge is -2.21. The van der Waals surface area contributed by atoms with Gasteiger partial charge in [0.05, 0.1) is 7.11 Å². The van der Waals surface area contributed by atoms with Crippen molar-refractivity contribution in [2.24, 2.45) is 5.92 Å². The van der Waals surface area contributed by atoms with Gasteiger partial charge in [0, 0.05) is 4.83 Å². The van der Waals surface area contributed by atoms with Gasteiger partial charge in [0.2, 0.25) is 0 Å². The zero-order valence-corrected chi connectivity index (χ0v) is 13.4. The van der Waals surface area contributed by atoms with E-state index in [1.54, 1.807) is 7.11 Å². The average Bonchev–Trinajstić information content (AvgIpc) is 2.40. The van der Waals surface area contributed by atoms with E-state index in [0.717, 1.165) is 18.1 Å². The lowest BCUT2D eigenvalue weighted by molar-refractivity contribution is 0.413. The summed E-state index contributed by atoms with van der Waals surface area (Å²) >= 11 is 3.88. The van der Waals surface area contributed by atoms with E-state index in [4.69, 9.17) is 4.74 Å². The predicted octanol–water partition coefficient (Wildman–Crippen LogP) is 5.22. The molecule has 0 radical (unpaired) electrons. The second kappa shape index (κ2) is 8.58. The minimum atomic E-state index is 0.571.